The van der Waals surface area contributed by atoms with Crippen molar-refractivity contribution in [3.63, 3.8) is 0 Å². The smallest absolute Gasteiger partial charge is 0.315 e. The Bertz CT molecular complexity index is 312. The van der Waals surface area contributed by atoms with Crippen molar-refractivity contribution >= 4 is 23.6 Å². The summed E-state index contributed by atoms with van der Waals surface area (Å²) < 4.78 is 4.61. The molecule has 0 aromatic heterocycles. The van der Waals surface area contributed by atoms with Crippen molar-refractivity contribution in [1.29, 1.82) is 0 Å². The lowest BCUT2D eigenvalue weighted by atomic mass is 9.92. The molecule has 1 heterocycles. The van der Waals surface area contributed by atoms with Gasteiger partial charge in [-0.05, 0) is 11.8 Å². The van der Waals surface area contributed by atoms with Crippen LogP contribution in [-0.4, -0.2) is 48.0 Å². The standard InChI is InChI=1S/C13H23NO3S/c1-13(2,3)7-11(15)14-6-5-10(8-14)18-9-12(16)17-4/h10H,5-9H2,1-4H3. The Morgan fingerprint density at radius 1 is 1.39 bits per heavy atom. The van der Waals surface area contributed by atoms with E-state index in [1.165, 1.54) is 7.11 Å². The van der Waals surface area contributed by atoms with Crippen LogP contribution in [0.4, 0.5) is 0 Å². The Morgan fingerprint density at radius 3 is 2.61 bits per heavy atom. The fourth-order valence-electron chi connectivity index (χ4n) is 1.90. The zero-order chi connectivity index (χ0) is 13.8. The molecule has 1 atom stereocenters. The van der Waals surface area contributed by atoms with E-state index in [1.807, 2.05) is 4.90 Å². The van der Waals surface area contributed by atoms with Crippen LogP contribution in [0.1, 0.15) is 33.6 Å². The van der Waals surface area contributed by atoms with E-state index in [1.54, 1.807) is 11.8 Å². The SMILES string of the molecule is COC(=O)CSC1CCN(C(=O)CC(C)(C)C)C1. The number of hydrogen-bond donors (Lipinski definition) is 0. The van der Waals surface area contributed by atoms with Crippen molar-refractivity contribution in [2.75, 3.05) is 26.0 Å². The minimum atomic E-state index is -0.195. The molecule has 1 saturated heterocycles. The number of ether oxygens (including phenoxy) is 1. The van der Waals surface area contributed by atoms with Crippen LogP contribution in [0.25, 0.3) is 0 Å². The third-order valence-electron chi connectivity index (χ3n) is 2.84. The van der Waals surface area contributed by atoms with Gasteiger partial charge in [-0.15, -0.1) is 11.8 Å². The Hall–Kier alpha value is -0.710. The van der Waals surface area contributed by atoms with Gasteiger partial charge in [0.1, 0.15) is 0 Å². The molecule has 0 saturated carbocycles. The molecule has 1 fully saturated rings. The molecule has 0 aromatic rings. The molecule has 1 aliphatic heterocycles. The van der Waals surface area contributed by atoms with Crippen molar-refractivity contribution in [2.45, 2.75) is 38.9 Å². The quantitative estimate of drug-likeness (QED) is 0.734. The molecule has 5 heteroatoms. The van der Waals surface area contributed by atoms with Gasteiger partial charge in [0, 0.05) is 24.8 Å². The summed E-state index contributed by atoms with van der Waals surface area (Å²) in [6.45, 7) is 7.80. The molecule has 1 amide bonds. The molecule has 0 spiro atoms. The summed E-state index contributed by atoms with van der Waals surface area (Å²) in [7, 11) is 1.40. The Balaban J connectivity index is 2.32. The van der Waals surface area contributed by atoms with E-state index in [4.69, 9.17) is 0 Å². The molecule has 0 radical (unpaired) electrons. The maximum Gasteiger partial charge on any atom is 0.315 e. The fourth-order valence-corrected chi connectivity index (χ4v) is 2.95. The van der Waals surface area contributed by atoms with Crippen molar-refractivity contribution in [1.82, 2.24) is 4.90 Å². The van der Waals surface area contributed by atoms with Crippen LogP contribution in [0.15, 0.2) is 0 Å². The van der Waals surface area contributed by atoms with E-state index >= 15 is 0 Å². The first-order valence-corrected chi connectivity index (χ1v) is 7.33. The van der Waals surface area contributed by atoms with Gasteiger partial charge in [0.2, 0.25) is 5.91 Å². The van der Waals surface area contributed by atoms with Gasteiger partial charge in [-0.1, -0.05) is 20.8 Å². The van der Waals surface area contributed by atoms with E-state index in [2.05, 4.69) is 25.5 Å². The summed E-state index contributed by atoms with van der Waals surface area (Å²) in [6, 6.07) is 0. The second-order valence-electron chi connectivity index (χ2n) is 5.88. The lowest BCUT2D eigenvalue weighted by molar-refractivity contribution is -0.137. The molecule has 1 rings (SSSR count). The first-order chi connectivity index (χ1) is 8.31. The number of esters is 1. The normalized spacial score (nSPS) is 20.0. The maximum atomic E-state index is 12.0. The first kappa shape index (κ1) is 15.3. The van der Waals surface area contributed by atoms with Gasteiger partial charge in [0.25, 0.3) is 0 Å². The fraction of sp³-hybridized carbons (Fsp3) is 0.846. The van der Waals surface area contributed by atoms with Crippen LogP contribution in [0.3, 0.4) is 0 Å². The van der Waals surface area contributed by atoms with Crippen LogP contribution in [0.2, 0.25) is 0 Å². The Kier molecular flexibility index (Phi) is 5.50. The first-order valence-electron chi connectivity index (χ1n) is 6.28. The molecule has 0 aromatic carbocycles. The van der Waals surface area contributed by atoms with Crippen LogP contribution < -0.4 is 0 Å². The highest BCUT2D eigenvalue weighted by molar-refractivity contribution is 8.00. The number of likely N-dealkylation sites (tertiary alicyclic amines) is 1. The van der Waals surface area contributed by atoms with Crippen LogP contribution >= 0.6 is 11.8 Å². The van der Waals surface area contributed by atoms with Gasteiger partial charge in [0.05, 0.1) is 12.9 Å². The lowest BCUT2D eigenvalue weighted by Crippen LogP contribution is -2.32. The summed E-state index contributed by atoms with van der Waals surface area (Å²) in [4.78, 5) is 25.0. The van der Waals surface area contributed by atoms with E-state index in [0.29, 0.717) is 17.4 Å². The zero-order valence-electron chi connectivity index (χ0n) is 11.7. The number of thioether (sulfide) groups is 1. The summed E-state index contributed by atoms with van der Waals surface area (Å²) in [5.74, 6) is 0.408. The zero-order valence-corrected chi connectivity index (χ0v) is 12.5. The number of amides is 1. The highest BCUT2D eigenvalue weighted by Gasteiger charge is 2.29. The molecule has 1 aliphatic rings. The number of hydrogen-bond acceptors (Lipinski definition) is 4. The molecular weight excluding hydrogens is 250 g/mol. The third kappa shape index (κ3) is 5.29. The number of carbonyl (C=O) groups excluding carboxylic acids is 2. The number of carbonyl (C=O) groups is 2. The summed E-state index contributed by atoms with van der Waals surface area (Å²) in [6.07, 6.45) is 1.55. The van der Waals surface area contributed by atoms with Gasteiger partial charge in [-0.3, -0.25) is 9.59 Å². The summed E-state index contributed by atoms with van der Waals surface area (Å²) >= 11 is 1.59. The molecule has 4 nitrogen and oxygen atoms in total. The molecule has 104 valence electrons. The van der Waals surface area contributed by atoms with Crippen LogP contribution in [-0.2, 0) is 14.3 Å². The molecular formula is C13H23NO3S. The molecule has 0 bridgehead atoms. The molecule has 0 aliphatic carbocycles. The van der Waals surface area contributed by atoms with Crippen molar-refractivity contribution in [3.8, 4) is 0 Å². The highest BCUT2D eigenvalue weighted by atomic mass is 32.2. The second-order valence-corrected chi connectivity index (χ2v) is 7.16. The lowest BCUT2D eigenvalue weighted by Gasteiger charge is -2.22. The van der Waals surface area contributed by atoms with E-state index in [9.17, 15) is 9.59 Å². The maximum absolute atomic E-state index is 12.0. The number of methoxy groups -OCH3 is 1. The average Bonchev–Trinajstić information content (AvgIpc) is 2.72. The average molecular weight is 273 g/mol. The minimum absolute atomic E-state index is 0.0360. The Morgan fingerprint density at radius 2 is 2.06 bits per heavy atom. The number of nitrogens with zero attached hydrogens (tertiary/aromatic N) is 1. The van der Waals surface area contributed by atoms with Crippen LogP contribution in [0, 0.1) is 5.41 Å². The molecule has 0 N–H and O–H groups in total. The molecule has 18 heavy (non-hydrogen) atoms. The van der Waals surface area contributed by atoms with Crippen molar-refractivity contribution in [3.05, 3.63) is 0 Å². The minimum Gasteiger partial charge on any atom is -0.468 e. The summed E-state index contributed by atoms with van der Waals surface area (Å²) in [5, 5.41) is 0.369. The van der Waals surface area contributed by atoms with Crippen molar-refractivity contribution in [2.24, 2.45) is 5.41 Å². The van der Waals surface area contributed by atoms with Gasteiger partial charge >= 0.3 is 5.97 Å². The van der Waals surface area contributed by atoms with Gasteiger partial charge in [-0.25, -0.2) is 0 Å². The van der Waals surface area contributed by atoms with E-state index < -0.39 is 0 Å². The van der Waals surface area contributed by atoms with Gasteiger partial charge in [0.15, 0.2) is 0 Å². The topological polar surface area (TPSA) is 46.6 Å². The number of rotatable bonds is 4. The van der Waals surface area contributed by atoms with Gasteiger partial charge < -0.3 is 9.64 Å². The summed E-state index contributed by atoms with van der Waals surface area (Å²) in [5.41, 5.74) is 0.0360. The predicted molar refractivity (Wildman–Crippen MR) is 73.5 cm³/mol. The highest BCUT2D eigenvalue weighted by Crippen LogP contribution is 2.26. The van der Waals surface area contributed by atoms with Crippen LogP contribution in [0.5, 0.6) is 0 Å². The molecule has 1 unspecified atom stereocenters. The third-order valence-corrected chi connectivity index (χ3v) is 4.10. The van der Waals surface area contributed by atoms with E-state index in [0.717, 1.165) is 19.5 Å². The predicted octanol–water partition coefficient (Wildman–Crippen LogP) is 1.93. The van der Waals surface area contributed by atoms with Crippen molar-refractivity contribution < 1.29 is 14.3 Å². The van der Waals surface area contributed by atoms with E-state index in [-0.39, 0.29) is 17.3 Å². The second kappa shape index (κ2) is 6.45. The Labute approximate surface area is 113 Å². The van der Waals surface area contributed by atoms with Gasteiger partial charge in [-0.2, -0.15) is 0 Å². The largest absolute Gasteiger partial charge is 0.468 e. The monoisotopic (exact) mass is 273 g/mol.